The molecule has 0 unspecified atom stereocenters. The van der Waals surface area contributed by atoms with E-state index < -0.39 is 0 Å². The van der Waals surface area contributed by atoms with Crippen LogP contribution in [-0.4, -0.2) is 33.0 Å². The minimum absolute atomic E-state index is 0.0511. The van der Waals surface area contributed by atoms with Gasteiger partial charge in [-0.3, -0.25) is 4.79 Å². The summed E-state index contributed by atoms with van der Waals surface area (Å²) in [4.78, 5) is 10.8. The lowest BCUT2D eigenvalue weighted by Crippen LogP contribution is -2.47. The van der Waals surface area contributed by atoms with Crippen LogP contribution in [0.25, 0.3) is 0 Å². The second kappa shape index (κ2) is 3.53. The Labute approximate surface area is 59.5 Å². The van der Waals surface area contributed by atoms with Gasteiger partial charge >= 0.3 is 5.97 Å². The van der Waals surface area contributed by atoms with Gasteiger partial charge in [-0.15, -0.1) is 0 Å². The van der Waals surface area contributed by atoms with Crippen molar-refractivity contribution >= 4 is 5.97 Å². The van der Waals surface area contributed by atoms with Gasteiger partial charge in [-0.05, 0) is 0 Å². The molecule has 0 aliphatic carbocycles. The Balaban J connectivity index is 2.08. The zero-order valence-corrected chi connectivity index (χ0v) is 5.92. The van der Waals surface area contributed by atoms with Crippen LogP contribution in [0.1, 0.15) is 0 Å². The van der Waals surface area contributed by atoms with Crippen LogP contribution >= 0.6 is 0 Å². The lowest BCUT2D eigenvalue weighted by Gasteiger charge is -2.24. The van der Waals surface area contributed by atoms with Crippen molar-refractivity contribution in [1.82, 2.24) is 5.32 Å². The Kier molecular flexibility index (Phi) is 2.65. The van der Waals surface area contributed by atoms with E-state index in [9.17, 15) is 4.79 Å². The largest absolute Gasteiger partial charge is 0.438 e. The maximum absolute atomic E-state index is 10.8. The predicted molar refractivity (Wildman–Crippen MR) is 34.3 cm³/mol. The number of esters is 1. The Morgan fingerprint density at radius 2 is 2.40 bits per heavy atom. The standard InChI is InChI=1S/C6H11NO3/c1-9-4-10-6(8)5-2-7-3-5/h5,7H,2-4H2,1H3. The maximum atomic E-state index is 10.8. The highest BCUT2D eigenvalue weighted by Crippen LogP contribution is 2.04. The summed E-state index contributed by atoms with van der Waals surface area (Å²) in [5.41, 5.74) is 0. The SMILES string of the molecule is COCOC(=O)C1CNC1. The molecule has 1 rings (SSSR count). The first-order valence-electron chi connectivity index (χ1n) is 3.21. The highest BCUT2D eigenvalue weighted by molar-refractivity contribution is 5.73. The molecule has 1 N–H and O–H groups in total. The summed E-state index contributed by atoms with van der Waals surface area (Å²) < 4.78 is 9.26. The highest BCUT2D eigenvalue weighted by atomic mass is 16.7. The number of rotatable bonds is 3. The van der Waals surface area contributed by atoms with Crippen LogP contribution in [0, 0.1) is 5.92 Å². The van der Waals surface area contributed by atoms with Crippen molar-refractivity contribution in [3.63, 3.8) is 0 Å². The summed E-state index contributed by atoms with van der Waals surface area (Å²) in [6, 6.07) is 0. The number of carbonyl (C=O) groups excluding carboxylic acids is 1. The zero-order chi connectivity index (χ0) is 7.40. The summed E-state index contributed by atoms with van der Waals surface area (Å²) in [5.74, 6) is -0.115. The van der Waals surface area contributed by atoms with Gasteiger partial charge in [0.1, 0.15) is 0 Å². The van der Waals surface area contributed by atoms with E-state index in [0.717, 1.165) is 13.1 Å². The smallest absolute Gasteiger partial charge is 0.313 e. The molecule has 1 heterocycles. The van der Waals surface area contributed by atoms with E-state index in [1.165, 1.54) is 7.11 Å². The first-order valence-corrected chi connectivity index (χ1v) is 3.21. The molecule has 10 heavy (non-hydrogen) atoms. The van der Waals surface area contributed by atoms with Crippen molar-refractivity contribution < 1.29 is 14.3 Å². The lowest BCUT2D eigenvalue weighted by molar-refractivity contribution is -0.160. The Bertz CT molecular complexity index is 122. The third-order valence-electron chi connectivity index (χ3n) is 1.43. The number of nitrogens with one attached hydrogen (secondary N) is 1. The van der Waals surface area contributed by atoms with Gasteiger partial charge in [-0.1, -0.05) is 0 Å². The minimum atomic E-state index is -0.166. The second-order valence-electron chi connectivity index (χ2n) is 2.23. The van der Waals surface area contributed by atoms with Gasteiger partial charge in [-0.25, -0.2) is 0 Å². The van der Waals surface area contributed by atoms with E-state index >= 15 is 0 Å². The fraction of sp³-hybridized carbons (Fsp3) is 0.833. The van der Waals surface area contributed by atoms with E-state index in [1.54, 1.807) is 0 Å². The summed E-state index contributed by atoms with van der Waals surface area (Å²) in [7, 11) is 1.49. The van der Waals surface area contributed by atoms with Gasteiger partial charge < -0.3 is 14.8 Å². The van der Waals surface area contributed by atoms with Gasteiger partial charge in [0.15, 0.2) is 6.79 Å². The summed E-state index contributed by atoms with van der Waals surface area (Å²) >= 11 is 0. The molecule has 1 aliphatic rings. The van der Waals surface area contributed by atoms with Gasteiger partial charge in [0.05, 0.1) is 5.92 Å². The summed E-state index contributed by atoms with van der Waals surface area (Å²) in [6.45, 7) is 1.54. The van der Waals surface area contributed by atoms with E-state index in [-0.39, 0.29) is 18.7 Å². The van der Waals surface area contributed by atoms with Gasteiger partial charge in [0, 0.05) is 20.2 Å². The lowest BCUT2D eigenvalue weighted by atomic mass is 10.0. The maximum Gasteiger partial charge on any atom is 0.313 e. The van der Waals surface area contributed by atoms with Crippen LogP contribution in [0.2, 0.25) is 0 Å². The molecular formula is C6H11NO3. The molecule has 1 saturated heterocycles. The monoisotopic (exact) mass is 145 g/mol. The third-order valence-corrected chi connectivity index (χ3v) is 1.43. The molecule has 0 bridgehead atoms. The number of methoxy groups -OCH3 is 1. The summed E-state index contributed by atoms with van der Waals surface area (Å²) in [5, 5.41) is 2.98. The fourth-order valence-corrected chi connectivity index (χ4v) is 0.690. The number of hydrogen-bond acceptors (Lipinski definition) is 4. The van der Waals surface area contributed by atoms with Crippen LogP contribution in [0.4, 0.5) is 0 Å². The average molecular weight is 145 g/mol. The van der Waals surface area contributed by atoms with E-state index in [0.29, 0.717) is 0 Å². The van der Waals surface area contributed by atoms with Crippen LogP contribution in [-0.2, 0) is 14.3 Å². The molecular weight excluding hydrogens is 134 g/mol. The average Bonchev–Trinajstić information content (AvgIpc) is 1.79. The Morgan fingerprint density at radius 3 is 2.80 bits per heavy atom. The van der Waals surface area contributed by atoms with Gasteiger partial charge in [-0.2, -0.15) is 0 Å². The van der Waals surface area contributed by atoms with Gasteiger partial charge in [0.25, 0.3) is 0 Å². The molecule has 4 heteroatoms. The molecule has 0 saturated carbocycles. The van der Waals surface area contributed by atoms with Crippen LogP contribution in [0.15, 0.2) is 0 Å². The quantitative estimate of drug-likeness (QED) is 0.423. The number of ether oxygens (including phenoxy) is 2. The molecule has 58 valence electrons. The molecule has 0 radical (unpaired) electrons. The van der Waals surface area contributed by atoms with Crippen molar-refractivity contribution in [2.24, 2.45) is 5.92 Å². The number of hydrogen-bond donors (Lipinski definition) is 1. The fourth-order valence-electron chi connectivity index (χ4n) is 0.690. The van der Waals surface area contributed by atoms with Crippen LogP contribution in [0.5, 0.6) is 0 Å². The molecule has 0 aromatic heterocycles. The van der Waals surface area contributed by atoms with Crippen molar-refractivity contribution in [2.45, 2.75) is 0 Å². The minimum Gasteiger partial charge on any atom is -0.438 e. The Hall–Kier alpha value is -0.610. The van der Waals surface area contributed by atoms with Crippen LogP contribution < -0.4 is 5.32 Å². The first kappa shape index (κ1) is 7.50. The van der Waals surface area contributed by atoms with E-state index in [4.69, 9.17) is 4.74 Å². The molecule has 0 amide bonds. The van der Waals surface area contributed by atoms with Crippen molar-refractivity contribution in [1.29, 1.82) is 0 Å². The normalized spacial score (nSPS) is 18.1. The van der Waals surface area contributed by atoms with E-state index in [2.05, 4.69) is 10.1 Å². The van der Waals surface area contributed by atoms with E-state index in [1.807, 2.05) is 0 Å². The second-order valence-corrected chi connectivity index (χ2v) is 2.23. The van der Waals surface area contributed by atoms with Crippen molar-refractivity contribution in [3.05, 3.63) is 0 Å². The summed E-state index contributed by atoms with van der Waals surface area (Å²) in [6.07, 6.45) is 0. The molecule has 0 aromatic rings. The molecule has 0 spiro atoms. The predicted octanol–water partition coefficient (Wildman–Crippen LogP) is -0.647. The molecule has 0 aromatic carbocycles. The molecule has 1 aliphatic heterocycles. The van der Waals surface area contributed by atoms with Gasteiger partial charge in [0.2, 0.25) is 0 Å². The topological polar surface area (TPSA) is 47.6 Å². The van der Waals surface area contributed by atoms with Crippen LogP contribution in [0.3, 0.4) is 0 Å². The Morgan fingerprint density at radius 1 is 1.70 bits per heavy atom. The zero-order valence-electron chi connectivity index (χ0n) is 5.92. The van der Waals surface area contributed by atoms with Crippen molar-refractivity contribution in [2.75, 3.05) is 27.0 Å². The molecule has 1 fully saturated rings. The highest BCUT2D eigenvalue weighted by Gasteiger charge is 2.25. The number of carbonyl (C=O) groups is 1. The third kappa shape index (κ3) is 1.68. The molecule has 4 nitrogen and oxygen atoms in total. The molecule has 0 atom stereocenters. The van der Waals surface area contributed by atoms with Crippen molar-refractivity contribution in [3.8, 4) is 0 Å². The first-order chi connectivity index (χ1) is 4.84.